The minimum absolute atomic E-state index is 0.0117. The van der Waals surface area contributed by atoms with E-state index in [1.54, 1.807) is 0 Å². The molecule has 0 aromatic heterocycles. The number of epoxide rings is 1. The summed E-state index contributed by atoms with van der Waals surface area (Å²) in [6, 6.07) is 0. The highest BCUT2D eigenvalue weighted by atomic mass is 16.6. The Labute approximate surface area is 129 Å². The van der Waals surface area contributed by atoms with Crippen molar-refractivity contribution in [2.24, 2.45) is 5.92 Å². The van der Waals surface area contributed by atoms with Crippen LogP contribution in [-0.2, 0) is 9.53 Å². The Morgan fingerprint density at radius 3 is 2.62 bits per heavy atom. The first-order valence-electron chi connectivity index (χ1n) is 8.70. The zero-order valence-corrected chi connectivity index (χ0v) is 13.7. The predicted molar refractivity (Wildman–Crippen MR) is 86.4 cm³/mol. The molecule has 0 bridgehead atoms. The first kappa shape index (κ1) is 18.2. The smallest absolute Gasteiger partial charge is 0.309 e. The molecule has 1 aliphatic rings. The highest BCUT2D eigenvalue weighted by Gasteiger charge is 2.46. The molecule has 0 radical (unpaired) electrons. The Bertz CT molecular complexity index is 312. The zero-order chi connectivity index (χ0) is 15.5. The van der Waals surface area contributed by atoms with Crippen LogP contribution in [0.1, 0.15) is 78.1 Å². The molecule has 3 unspecified atom stereocenters. The lowest BCUT2D eigenvalue weighted by atomic mass is 9.94. The number of rotatable bonds is 13. The first-order chi connectivity index (χ1) is 10.2. The van der Waals surface area contributed by atoms with Crippen molar-refractivity contribution < 1.29 is 14.6 Å². The third-order valence-electron chi connectivity index (χ3n) is 4.30. The molecule has 1 fully saturated rings. The van der Waals surface area contributed by atoms with Crippen molar-refractivity contribution in [1.82, 2.24) is 0 Å². The van der Waals surface area contributed by atoms with Crippen molar-refractivity contribution in [3.05, 3.63) is 12.2 Å². The van der Waals surface area contributed by atoms with Gasteiger partial charge in [0, 0.05) is 0 Å². The van der Waals surface area contributed by atoms with E-state index in [9.17, 15) is 9.90 Å². The van der Waals surface area contributed by atoms with Crippen LogP contribution < -0.4 is 0 Å². The van der Waals surface area contributed by atoms with E-state index in [0.29, 0.717) is 0 Å². The van der Waals surface area contributed by atoms with Gasteiger partial charge in [-0.15, -0.1) is 0 Å². The molecule has 1 saturated heterocycles. The molecule has 3 heteroatoms. The van der Waals surface area contributed by atoms with Crippen LogP contribution in [0.5, 0.6) is 0 Å². The van der Waals surface area contributed by atoms with Gasteiger partial charge in [-0.05, 0) is 32.6 Å². The number of aliphatic carboxylic acids is 1. The SMILES string of the molecule is CC=CCCCCCCC(C(=O)O)C1OC1CCCCC. The van der Waals surface area contributed by atoms with E-state index in [2.05, 4.69) is 19.1 Å². The predicted octanol–water partition coefficient (Wildman–Crippen LogP) is 4.95. The summed E-state index contributed by atoms with van der Waals surface area (Å²) in [5.41, 5.74) is 0. The van der Waals surface area contributed by atoms with Gasteiger partial charge >= 0.3 is 5.97 Å². The average Bonchev–Trinajstić information content (AvgIpc) is 3.21. The number of hydrogen-bond donors (Lipinski definition) is 1. The lowest BCUT2D eigenvalue weighted by Gasteiger charge is -2.09. The highest BCUT2D eigenvalue weighted by molar-refractivity contribution is 5.71. The number of unbranched alkanes of at least 4 members (excludes halogenated alkanes) is 6. The summed E-state index contributed by atoms with van der Waals surface area (Å²) in [6.07, 6.45) is 15.6. The molecule has 0 spiro atoms. The van der Waals surface area contributed by atoms with Gasteiger partial charge in [0.05, 0.1) is 18.1 Å². The monoisotopic (exact) mass is 296 g/mol. The van der Waals surface area contributed by atoms with E-state index in [1.165, 1.54) is 25.7 Å². The number of carboxylic acids is 1. The highest BCUT2D eigenvalue weighted by Crippen LogP contribution is 2.36. The number of carbonyl (C=O) groups is 1. The van der Waals surface area contributed by atoms with Crippen LogP contribution in [0.15, 0.2) is 12.2 Å². The van der Waals surface area contributed by atoms with Crippen molar-refractivity contribution in [2.45, 2.75) is 90.3 Å². The Morgan fingerprint density at radius 1 is 1.19 bits per heavy atom. The second-order valence-corrected chi connectivity index (χ2v) is 6.14. The molecule has 1 rings (SSSR count). The average molecular weight is 296 g/mol. The van der Waals surface area contributed by atoms with Gasteiger partial charge in [-0.25, -0.2) is 0 Å². The Morgan fingerprint density at radius 2 is 1.95 bits per heavy atom. The first-order valence-corrected chi connectivity index (χ1v) is 8.70. The summed E-state index contributed by atoms with van der Waals surface area (Å²) in [4.78, 5) is 11.4. The maximum Gasteiger partial charge on any atom is 0.309 e. The van der Waals surface area contributed by atoms with Crippen LogP contribution in [-0.4, -0.2) is 23.3 Å². The van der Waals surface area contributed by atoms with Gasteiger partial charge in [0.1, 0.15) is 0 Å². The second kappa shape index (κ2) is 10.8. The molecule has 1 N–H and O–H groups in total. The number of hydrogen-bond acceptors (Lipinski definition) is 2. The van der Waals surface area contributed by atoms with Gasteiger partial charge in [0.2, 0.25) is 0 Å². The van der Waals surface area contributed by atoms with Crippen LogP contribution in [0.4, 0.5) is 0 Å². The van der Waals surface area contributed by atoms with Gasteiger partial charge < -0.3 is 9.84 Å². The maximum atomic E-state index is 11.4. The normalized spacial score (nSPS) is 22.6. The van der Waals surface area contributed by atoms with Crippen LogP contribution in [0, 0.1) is 5.92 Å². The van der Waals surface area contributed by atoms with Gasteiger partial charge in [0.15, 0.2) is 0 Å². The third-order valence-corrected chi connectivity index (χ3v) is 4.30. The van der Waals surface area contributed by atoms with Gasteiger partial charge in [0.25, 0.3) is 0 Å². The van der Waals surface area contributed by atoms with Crippen LogP contribution >= 0.6 is 0 Å². The number of carboxylic acid groups (broad SMARTS) is 1. The Balaban J connectivity index is 2.13. The van der Waals surface area contributed by atoms with Crippen molar-refractivity contribution in [1.29, 1.82) is 0 Å². The summed E-state index contributed by atoms with van der Waals surface area (Å²) in [5.74, 6) is -0.959. The van der Waals surface area contributed by atoms with E-state index in [-0.39, 0.29) is 18.1 Å². The summed E-state index contributed by atoms with van der Waals surface area (Å²) in [5, 5.41) is 9.36. The quantitative estimate of drug-likeness (QED) is 0.297. The van der Waals surface area contributed by atoms with Crippen molar-refractivity contribution in [3.63, 3.8) is 0 Å². The van der Waals surface area contributed by atoms with E-state index in [0.717, 1.165) is 38.5 Å². The second-order valence-electron chi connectivity index (χ2n) is 6.14. The molecule has 0 aromatic carbocycles. The molecule has 0 saturated carbocycles. The molecular weight excluding hydrogens is 264 g/mol. The Hall–Kier alpha value is -0.830. The molecule has 3 nitrogen and oxygen atoms in total. The molecule has 1 aliphatic heterocycles. The summed E-state index contributed by atoms with van der Waals surface area (Å²) in [6.45, 7) is 4.23. The lowest BCUT2D eigenvalue weighted by molar-refractivity contribution is -0.142. The molecular formula is C18H32O3. The topological polar surface area (TPSA) is 49.8 Å². The summed E-state index contributed by atoms with van der Waals surface area (Å²) >= 11 is 0. The molecule has 0 aromatic rings. The van der Waals surface area contributed by atoms with E-state index in [4.69, 9.17) is 4.74 Å². The fourth-order valence-electron chi connectivity index (χ4n) is 2.91. The van der Waals surface area contributed by atoms with Crippen molar-refractivity contribution in [3.8, 4) is 0 Å². The molecule has 122 valence electrons. The fraction of sp³-hybridized carbons (Fsp3) is 0.833. The molecule has 21 heavy (non-hydrogen) atoms. The van der Waals surface area contributed by atoms with E-state index < -0.39 is 5.97 Å². The fourth-order valence-corrected chi connectivity index (χ4v) is 2.91. The summed E-state index contributed by atoms with van der Waals surface area (Å²) < 4.78 is 5.61. The van der Waals surface area contributed by atoms with Crippen LogP contribution in [0.25, 0.3) is 0 Å². The third kappa shape index (κ3) is 7.66. The minimum atomic E-state index is -0.674. The minimum Gasteiger partial charge on any atom is -0.481 e. The maximum absolute atomic E-state index is 11.4. The van der Waals surface area contributed by atoms with Gasteiger partial charge in [-0.3, -0.25) is 4.79 Å². The molecule has 1 heterocycles. The van der Waals surface area contributed by atoms with Gasteiger partial charge in [-0.1, -0.05) is 57.6 Å². The number of allylic oxidation sites excluding steroid dienone is 2. The Kier molecular flexibility index (Phi) is 9.40. The standard InChI is InChI=1S/C18H32O3/c1-3-5-7-8-9-10-12-13-15(18(19)20)17-16(21-17)14-11-6-4-2/h3,5,15-17H,4,6-14H2,1-2H3,(H,19,20). The zero-order valence-electron chi connectivity index (χ0n) is 13.7. The van der Waals surface area contributed by atoms with Gasteiger partial charge in [-0.2, -0.15) is 0 Å². The van der Waals surface area contributed by atoms with E-state index >= 15 is 0 Å². The van der Waals surface area contributed by atoms with Crippen LogP contribution in [0.2, 0.25) is 0 Å². The van der Waals surface area contributed by atoms with Crippen LogP contribution in [0.3, 0.4) is 0 Å². The molecule has 3 atom stereocenters. The largest absolute Gasteiger partial charge is 0.481 e. The molecule has 0 aliphatic carbocycles. The van der Waals surface area contributed by atoms with Crippen molar-refractivity contribution in [2.75, 3.05) is 0 Å². The molecule has 0 amide bonds. The summed E-state index contributed by atoms with van der Waals surface area (Å²) in [7, 11) is 0. The van der Waals surface area contributed by atoms with E-state index in [1.807, 2.05) is 6.92 Å². The van der Waals surface area contributed by atoms with Crippen molar-refractivity contribution >= 4 is 5.97 Å². The lowest BCUT2D eigenvalue weighted by Crippen LogP contribution is -2.21. The number of ether oxygens (including phenoxy) is 1.